The summed E-state index contributed by atoms with van der Waals surface area (Å²) in [6, 6.07) is -0.338. The molecular weight excluding hydrogens is 260 g/mol. The van der Waals surface area contributed by atoms with Gasteiger partial charge in [-0.05, 0) is 26.0 Å². The molecule has 0 radical (unpaired) electrons. The van der Waals surface area contributed by atoms with Crippen molar-refractivity contribution in [3.05, 3.63) is 0 Å². The molecule has 2 aliphatic rings. The fourth-order valence-electron chi connectivity index (χ4n) is 3.07. The van der Waals surface area contributed by atoms with Crippen molar-refractivity contribution in [1.29, 1.82) is 0 Å². The van der Waals surface area contributed by atoms with E-state index in [0.717, 1.165) is 25.7 Å². The van der Waals surface area contributed by atoms with Crippen molar-refractivity contribution in [3.8, 4) is 0 Å². The molecule has 1 spiro atoms. The number of nitrogens with one attached hydrogen (secondary N) is 1. The number of thioether (sulfide) groups is 1. The quantitative estimate of drug-likeness (QED) is 0.859. The average molecular weight is 284 g/mol. The van der Waals surface area contributed by atoms with Crippen molar-refractivity contribution in [1.82, 2.24) is 10.2 Å². The second-order valence-corrected chi connectivity index (χ2v) is 7.09. The third kappa shape index (κ3) is 2.76. The van der Waals surface area contributed by atoms with E-state index in [0.29, 0.717) is 11.8 Å². The first-order valence-electron chi connectivity index (χ1n) is 7.16. The second-order valence-electron chi connectivity index (χ2n) is 5.81. The Morgan fingerprint density at radius 1 is 1.37 bits per heavy atom. The van der Waals surface area contributed by atoms with E-state index in [2.05, 4.69) is 12.2 Å². The largest absolute Gasteiger partial charge is 0.340 e. The summed E-state index contributed by atoms with van der Waals surface area (Å²) >= 11 is 1.73. The van der Waals surface area contributed by atoms with E-state index in [1.165, 1.54) is 6.42 Å². The number of nitrogens with zero attached hydrogens (tertiary/aromatic N) is 1. The molecule has 0 bridgehead atoms. The minimum Gasteiger partial charge on any atom is -0.340 e. The monoisotopic (exact) mass is 284 g/mol. The van der Waals surface area contributed by atoms with E-state index in [-0.39, 0.29) is 17.9 Å². The Labute approximate surface area is 119 Å². The van der Waals surface area contributed by atoms with Crippen LogP contribution in [0.5, 0.6) is 0 Å². The standard InChI is InChI=1S/C14H24N2O2S/c1-10(19-3)9-16-11(2)12(17)15-14(13(16)18)7-5-4-6-8-14/h10-11H,4-9H2,1-3H3,(H,15,17). The summed E-state index contributed by atoms with van der Waals surface area (Å²) in [7, 11) is 0. The summed E-state index contributed by atoms with van der Waals surface area (Å²) in [4.78, 5) is 26.8. The Bertz CT molecular complexity index is 366. The molecule has 4 nitrogen and oxygen atoms in total. The summed E-state index contributed by atoms with van der Waals surface area (Å²) in [5.41, 5.74) is -0.597. The first-order chi connectivity index (χ1) is 9.00. The first kappa shape index (κ1) is 14.7. The van der Waals surface area contributed by atoms with Gasteiger partial charge in [-0.3, -0.25) is 9.59 Å². The molecule has 1 saturated carbocycles. The zero-order chi connectivity index (χ0) is 14.0. The number of carbonyl (C=O) groups excluding carboxylic acids is 2. The molecule has 5 heteroatoms. The van der Waals surface area contributed by atoms with E-state index < -0.39 is 5.54 Å². The van der Waals surface area contributed by atoms with Crippen molar-refractivity contribution in [3.63, 3.8) is 0 Å². The highest BCUT2D eigenvalue weighted by Gasteiger charge is 2.49. The van der Waals surface area contributed by atoms with Crippen LogP contribution in [0.3, 0.4) is 0 Å². The van der Waals surface area contributed by atoms with Crippen LogP contribution >= 0.6 is 11.8 Å². The lowest BCUT2D eigenvalue weighted by Crippen LogP contribution is -2.70. The van der Waals surface area contributed by atoms with Gasteiger partial charge in [0, 0.05) is 11.8 Å². The Morgan fingerprint density at radius 2 is 2.00 bits per heavy atom. The molecule has 1 heterocycles. The fourth-order valence-corrected chi connectivity index (χ4v) is 3.38. The maximum absolute atomic E-state index is 12.8. The van der Waals surface area contributed by atoms with Crippen molar-refractivity contribution in [2.45, 2.75) is 62.8 Å². The van der Waals surface area contributed by atoms with Crippen LogP contribution in [0.15, 0.2) is 0 Å². The van der Waals surface area contributed by atoms with Gasteiger partial charge in [0.2, 0.25) is 11.8 Å². The number of piperazine rings is 1. The van der Waals surface area contributed by atoms with E-state index >= 15 is 0 Å². The predicted octanol–water partition coefficient (Wildman–Crippen LogP) is 1.79. The maximum Gasteiger partial charge on any atom is 0.249 e. The molecule has 0 aromatic heterocycles. The molecule has 2 unspecified atom stereocenters. The molecule has 2 atom stereocenters. The maximum atomic E-state index is 12.8. The Hall–Kier alpha value is -0.710. The molecule has 2 fully saturated rings. The van der Waals surface area contributed by atoms with E-state index in [4.69, 9.17) is 0 Å². The van der Waals surface area contributed by atoms with Crippen LogP contribution in [-0.4, -0.2) is 46.3 Å². The summed E-state index contributed by atoms with van der Waals surface area (Å²) in [6.07, 6.45) is 6.88. The Balaban J connectivity index is 2.20. The molecular formula is C14H24N2O2S. The second kappa shape index (κ2) is 5.73. The minimum atomic E-state index is -0.597. The lowest BCUT2D eigenvalue weighted by molar-refractivity contribution is -0.155. The van der Waals surface area contributed by atoms with Gasteiger partial charge in [-0.2, -0.15) is 11.8 Å². The van der Waals surface area contributed by atoms with Gasteiger partial charge in [0.1, 0.15) is 11.6 Å². The van der Waals surface area contributed by atoms with Crippen LogP contribution in [0.25, 0.3) is 0 Å². The lowest BCUT2D eigenvalue weighted by Gasteiger charge is -2.47. The van der Waals surface area contributed by atoms with Gasteiger partial charge < -0.3 is 10.2 Å². The summed E-state index contributed by atoms with van der Waals surface area (Å²) < 4.78 is 0. The smallest absolute Gasteiger partial charge is 0.249 e. The summed E-state index contributed by atoms with van der Waals surface area (Å²) in [6.45, 7) is 4.59. The van der Waals surface area contributed by atoms with Crippen molar-refractivity contribution >= 4 is 23.6 Å². The van der Waals surface area contributed by atoms with Crippen LogP contribution in [-0.2, 0) is 9.59 Å². The molecule has 19 heavy (non-hydrogen) atoms. The normalized spacial score (nSPS) is 28.4. The van der Waals surface area contributed by atoms with E-state index in [1.54, 1.807) is 16.7 Å². The van der Waals surface area contributed by atoms with E-state index in [9.17, 15) is 9.59 Å². The van der Waals surface area contributed by atoms with Crippen LogP contribution in [0, 0.1) is 0 Å². The van der Waals surface area contributed by atoms with Gasteiger partial charge in [-0.25, -0.2) is 0 Å². The number of carbonyl (C=O) groups is 2. The average Bonchev–Trinajstić information content (AvgIpc) is 2.42. The highest BCUT2D eigenvalue weighted by atomic mass is 32.2. The summed E-state index contributed by atoms with van der Waals surface area (Å²) in [5.74, 6) is 0.148. The molecule has 0 aromatic rings. The van der Waals surface area contributed by atoms with Crippen LogP contribution in [0.4, 0.5) is 0 Å². The lowest BCUT2D eigenvalue weighted by atomic mass is 9.78. The topological polar surface area (TPSA) is 49.4 Å². The molecule has 1 saturated heterocycles. The number of rotatable bonds is 3. The number of hydrogen-bond donors (Lipinski definition) is 1. The zero-order valence-corrected chi connectivity index (χ0v) is 12.9. The molecule has 1 aliphatic carbocycles. The van der Waals surface area contributed by atoms with Crippen molar-refractivity contribution in [2.75, 3.05) is 12.8 Å². The SMILES string of the molecule is CSC(C)CN1C(=O)C2(CCCCC2)NC(=O)C1C. The van der Waals surface area contributed by atoms with Crippen LogP contribution < -0.4 is 5.32 Å². The van der Waals surface area contributed by atoms with Gasteiger partial charge in [-0.1, -0.05) is 26.2 Å². The Morgan fingerprint density at radius 3 is 2.58 bits per heavy atom. The third-order valence-corrected chi connectivity index (χ3v) is 5.40. The summed E-state index contributed by atoms with van der Waals surface area (Å²) in [5, 5.41) is 3.37. The first-order valence-corrected chi connectivity index (χ1v) is 8.45. The molecule has 1 N–H and O–H groups in total. The van der Waals surface area contributed by atoms with Crippen LogP contribution in [0.2, 0.25) is 0 Å². The highest BCUT2D eigenvalue weighted by molar-refractivity contribution is 7.99. The molecule has 2 amide bonds. The van der Waals surface area contributed by atoms with Gasteiger partial charge in [0.05, 0.1) is 0 Å². The zero-order valence-electron chi connectivity index (χ0n) is 12.1. The van der Waals surface area contributed by atoms with Crippen molar-refractivity contribution < 1.29 is 9.59 Å². The van der Waals surface area contributed by atoms with Crippen LogP contribution in [0.1, 0.15) is 46.0 Å². The van der Waals surface area contributed by atoms with Gasteiger partial charge in [0.15, 0.2) is 0 Å². The van der Waals surface area contributed by atoms with E-state index in [1.807, 2.05) is 13.2 Å². The van der Waals surface area contributed by atoms with Gasteiger partial charge >= 0.3 is 0 Å². The third-order valence-electron chi connectivity index (χ3n) is 4.44. The fraction of sp³-hybridized carbons (Fsp3) is 0.857. The molecule has 2 rings (SSSR count). The predicted molar refractivity (Wildman–Crippen MR) is 78.1 cm³/mol. The van der Waals surface area contributed by atoms with Gasteiger partial charge in [-0.15, -0.1) is 0 Å². The van der Waals surface area contributed by atoms with Gasteiger partial charge in [0.25, 0.3) is 0 Å². The molecule has 1 aliphatic heterocycles. The van der Waals surface area contributed by atoms with Crippen molar-refractivity contribution in [2.24, 2.45) is 0 Å². The highest BCUT2D eigenvalue weighted by Crippen LogP contribution is 2.33. The Kier molecular flexibility index (Phi) is 4.43. The number of amides is 2. The minimum absolute atomic E-state index is 0.00908. The molecule has 108 valence electrons. The number of hydrogen-bond acceptors (Lipinski definition) is 3. The molecule has 0 aromatic carbocycles.